The van der Waals surface area contributed by atoms with Gasteiger partial charge < -0.3 is 14.9 Å². The summed E-state index contributed by atoms with van der Waals surface area (Å²) in [5.74, 6) is 0.644. The van der Waals surface area contributed by atoms with Gasteiger partial charge in [0, 0.05) is 67.8 Å². The molecule has 1 N–H and O–H groups in total. The molecule has 0 aliphatic carbocycles. The van der Waals surface area contributed by atoms with E-state index in [1.54, 1.807) is 34.2 Å². The van der Waals surface area contributed by atoms with Crippen molar-refractivity contribution >= 4 is 53.1 Å². The van der Waals surface area contributed by atoms with Gasteiger partial charge in [-0.2, -0.15) is 0 Å². The van der Waals surface area contributed by atoms with Crippen molar-refractivity contribution in [2.24, 2.45) is 0 Å². The molecule has 7 nitrogen and oxygen atoms in total. The normalized spacial score (nSPS) is 16.5. The summed E-state index contributed by atoms with van der Waals surface area (Å²) in [5.41, 5.74) is 1.72. The maximum atomic E-state index is 12.6. The van der Waals surface area contributed by atoms with E-state index < -0.39 is 5.60 Å². The summed E-state index contributed by atoms with van der Waals surface area (Å²) in [6.45, 7) is 11.2. The quantitative estimate of drug-likeness (QED) is 0.429. The topological polar surface area (TPSA) is 74.5 Å². The summed E-state index contributed by atoms with van der Waals surface area (Å²) >= 11 is 2.26. The summed E-state index contributed by atoms with van der Waals surface area (Å²) in [5, 5.41) is 11.2. The lowest BCUT2D eigenvalue weighted by atomic mass is 10.0. The number of aliphatic hydroxyl groups is 1. The van der Waals surface area contributed by atoms with Crippen LogP contribution in [0.1, 0.15) is 41.0 Å². The van der Waals surface area contributed by atoms with Gasteiger partial charge in [-0.15, -0.1) is 0 Å². The molecule has 3 heterocycles. The highest BCUT2D eigenvalue weighted by atomic mass is 127. The van der Waals surface area contributed by atoms with Crippen molar-refractivity contribution in [3.63, 3.8) is 0 Å². The van der Waals surface area contributed by atoms with Crippen molar-refractivity contribution in [3.8, 4) is 11.1 Å². The molecule has 2 aromatic heterocycles. The molecule has 1 atom stereocenters. The first-order valence-corrected chi connectivity index (χ1v) is 14.5. The van der Waals surface area contributed by atoms with Gasteiger partial charge in [-0.1, -0.05) is 50.6 Å². The van der Waals surface area contributed by atoms with Crippen LogP contribution in [0.25, 0.3) is 22.2 Å². The number of aromatic nitrogens is 3. The summed E-state index contributed by atoms with van der Waals surface area (Å²) in [6, 6.07) is 10.2. The lowest BCUT2D eigenvalue weighted by molar-refractivity contribution is -0.150. The smallest absolute Gasteiger partial charge is 0.254 e. The van der Waals surface area contributed by atoms with Crippen molar-refractivity contribution in [3.05, 3.63) is 42.9 Å². The van der Waals surface area contributed by atoms with Crippen molar-refractivity contribution in [2.45, 2.75) is 52.7 Å². The molecule has 0 radical (unpaired) electrons. The van der Waals surface area contributed by atoms with Crippen LogP contribution in [0.3, 0.4) is 0 Å². The number of benzene rings is 1. The Morgan fingerprint density at radius 2 is 1.88 bits per heavy atom. The largest absolute Gasteiger partial charge is 0.381 e. The highest BCUT2D eigenvalue weighted by Crippen LogP contribution is 2.38. The minimum absolute atomic E-state index is 0.0381. The third-order valence-corrected chi connectivity index (χ3v) is 7.10. The molecule has 1 saturated heterocycles. The zero-order valence-electron chi connectivity index (χ0n) is 19.8. The fourth-order valence-electron chi connectivity index (χ4n) is 3.95. The number of hydrogen-bond acceptors (Lipinski definition) is 6. The van der Waals surface area contributed by atoms with E-state index in [2.05, 4.69) is 72.2 Å². The van der Waals surface area contributed by atoms with Crippen LogP contribution in [0.5, 0.6) is 0 Å². The number of nitrogens with zero attached hydrogens (tertiary/aromatic N) is 5. The number of rotatable bonds is 4. The predicted octanol–water partition coefficient (Wildman–Crippen LogP) is 5.17. The second-order valence-electron chi connectivity index (χ2n) is 8.76. The van der Waals surface area contributed by atoms with Gasteiger partial charge in [0.05, 0.1) is 5.39 Å². The van der Waals surface area contributed by atoms with Gasteiger partial charge in [0.15, 0.2) is 5.65 Å². The van der Waals surface area contributed by atoms with Crippen LogP contribution in [-0.2, 0) is 4.79 Å². The van der Waals surface area contributed by atoms with E-state index in [9.17, 15) is 9.90 Å². The second-order valence-corrected chi connectivity index (χ2v) is 10.5. The number of anilines is 1. The fraction of sp³-hybridized carbons (Fsp3) is 0.458. The molecule has 33 heavy (non-hydrogen) atoms. The first-order chi connectivity index (χ1) is 15.7. The molecule has 9 heteroatoms. The first-order valence-electron chi connectivity index (χ1n) is 11.2. The number of piperazine rings is 1. The van der Waals surface area contributed by atoms with Crippen LogP contribution in [-0.4, -0.2) is 61.1 Å². The van der Waals surface area contributed by atoms with Crippen molar-refractivity contribution in [1.82, 2.24) is 18.8 Å². The Labute approximate surface area is 212 Å². The van der Waals surface area contributed by atoms with E-state index in [1.807, 2.05) is 25.1 Å². The molecule has 0 spiro atoms. The van der Waals surface area contributed by atoms with Crippen LogP contribution in [0, 0.1) is 0 Å². The Kier molecular flexibility index (Phi) is 8.63. The molecule has 3 aromatic rings. The summed E-state index contributed by atoms with van der Waals surface area (Å²) in [4.78, 5) is 25.8. The van der Waals surface area contributed by atoms with Crippen LogP contribution in [0.2, 0.25) is 0 Å². The van der Waals surface area contributed by atoms with E-state index in [0.29, 0.717) is 19.6 Å². The zero-order valence-corrected chi connectivity index (χ0v) is 22.8. The Morgan fingerprint density at radius 3 is 2.45 bits per heavy atom. The zero-order chi connectivity index (χ0) is 24.2. The molecule has 4 rings (SSSR count). The third kappa shape index (κ3) is 5.63. The van der Waals surface area contributed by atoms with E-state index >= 15 is 0 Å². The van der Waals surface area contributed by atoms with E-state index in [0.717, 1.165) is 28.0 Å². The Bertz CT molecular complexity index is 1080. The number of hydrogen-bond donors (Lipinski definition) is 1. The van der Waals surface area contributed by atoms with Gasteiger partial charge in [0.2, 0.25) is 0 Å². The van der Waals surface area contributed by atoms with Crippen LogP contribution in [0.15, 0.2) is 42.9 Å². The van der Waals surface area contributed by atoms with Gasteiger partial charge in [0.1, 0.15) is 17.7 Å². The van der Waals surface area contributed by atoms with Gasteiger partial charge in [-0.25, -0.2) is 9.97 Å². The van der Waals surface area contributed by atoms with Crippen molar-refractivity contribution in [1.29, 1.82) is 0 Å². The van der Waals surface area contributed by atoms with Crippen molar-refractivity contribution in [2.75, 3.05) is 24.5 Å². The first kappa shape index (κ1) is 25.8. The molecule has 178 valence electrons. The molecule has 1 aliphatic rings. The third-order valence-electron chi connectivity index (χ3n) is 5.40. The summed E-state index contributed by atoms with van der Waals surface area (Å²) in [6.07, 6.45) is 4.96. The maximum Gasteiger partial charge on any atom is 0.254 e. The number of carbonyl (C=O) groups excluding carboxylic acids is 1. The van der Waals surface area contributed by atoms with Gasteiger partial charge >= 0.3 is 0 Å². The van der Waals surface area contributed by atoms with E-state index in [1.165, 1.54) is 6.42 Å². The summed E-state index contributed by atoms with van der Waals surface area (Å²) in [7, 11) is 1.57. The fourth-order valence-corrected chi connectivity index (χ4v) is 5.20. The highest BCUT2D eigenvalue weighted by molar-refractivity contribution is 14.2. The second kappa shape index (κ2) is 11.1. The molecule has 0 bridgehead atoms. The standard InChI is InChI=1S/C21H24IN5O2S.C3H8/c1-14-11-25(9-10-26(14)20(28)21(2,3)29)18-17-16(15-7-5-4-6-8-15)12-27(30-22)19(17)24-13-23-18;1-3-2/h4-8,12-14,29H,9-11H2,1-3H3;3H2,1-2H3. The SMILES string of the molecule is CC1CN(c2ncnc3c2c(-c2ccccc2)cn3SI)CCN1C(=O)C(C)(C)O.CCC. The molecular weight excluding hydrogens is 549 g/mol. The molecular formula is C24H32IN5O2S. The van der Waals surface area contributed by atoms with Gasteiger partial charge in [0.25, 0.3) is 5.91 Å². The minimum Gasteiger partial charge on any atom is -0.381 e. The number of carbonyl (C=O) groups is 1. The van der Waals surface area contributed by atoms with E-state index in [-0.39, 0.29) is 11.9 Å². The van der Waals surface area contributed by atoms with Crippen LogP contribution in [0.4, 0.5) is 5.82 Å². The average Bonchev–Trinajstić information content (AvgIpc) is 3.18. The average molecular weight is 582 g/mol. The summed E-state index contributed by atoms with van der Waals surface area (Å²) < 4.78 is 2.06. The Morgan fingerprint density at radius 1 is 1.21 bits per heavy atom. The molecule has 0 saturated carbocycles. The van der Waals surface area contributed by atoms with Gasteiger partial charge in [-0.05, 0) is 26.3 Å². The molecule has 1 aromatic carbocycles. The molecule has 1 unspecified atom stereocenters. The highest BCUT2D eigenvalue weighted by Gasteiger charge is 2.36. The lowest BCUT2D eigenvalue weighted by Crippen LogP contribution is -2.58. The number of amides is 1. The number of fused-ring (bicyclic) bond motifs is 1. The predicted molar refractivity (Wildman–Crippen MR) is 146 cm³/mol. The van der Waals surface area contributed by atoms with E-state index in [4.69, 9.17) is 0 Å². The monoisotopic (exact) mass is 581 g/mol. The van der Waals surface area contributed by atoms with Crippen LogP contribution < -0.4 is 4.90 Å². The maximum absolute atomic E-state index is 12.6. The molecule has 1 aliphatic heterocycles. The lowest BCUT2D eigenvalue weighted by Gasteiger charge is -2.42. The van der Waals surface area contributed by atoms with Crippen LogP contribution >= 0.6 is 30.3 Å². The van der Waals surface area contributed by atoms with Crippen molar-refractivity contribution < 1.29 is 9.90 Å². The number of halogens is 1. The Hall–Kier alpha value is -1.85. The van der Waals surface area contributed by atoms with Gasteiger partial charge in [-0.3, -0.25) is 8.77 Å². The molecule has 1 fully saturated rings. The Balaban J connectivity index is 0.000000968. The minimum atomic E-state index is -1.37. The molecule has 1 amide bonds.